The van der Waals surface area contributed by atoms with Crippen LogP contribution in [0.25, 0.3) is 0 Å². The fraction of sp³-hybridized carbons (Fsp3) is 0.333. The fourth-order valence-electron chi connectivity index (χ4n) is 1.98. The molecule has 0 saturated carbocycles. The minimum atomic E-state index is -0.368. The summed E-state index contributed by atoms with van der Waals surface area (Å²) in [6.07, 6.45) is 0. The maximum Gasteiger partial charge on any atom is 0.340 e. The second-order valence-corrected chi connectivity index (χ2v) is 3.79. The lowest BCUT2D eigenvalue weighted by molar-refractivity contribution is 0.0534. The molecule has 1 aromatic rings. The molecule has 3 heteroatoms. The van der Waals surface area contributed by atoms with Crippen molar-refractivity contribution in [3.05, 3.63) is 33.4 Å². The van der Waals surface area contributed by atoms with Gasteiger partial charge in [0.1, 0.15) is 12.7 Å². The molecule has 0 atom stereocenters. The van der Waals surface area contributed by atoms with Gasteiger partial charge >= 0.3 is 5.97 Å². The van der Waals surface area contributed by atoms with E-state index in [1.54, 1.807) is 0 Å². The van der Waals surface area contributed by atoms with Gasteiger partial charge in [-0.15, -0.1) is 0 Å². The standard InChI is InChI=1S/C12H11NO2/c1-6-7(2)9(4-13)11-10(8(6)3)5-15-12(11)14/h5H2,1-3H3. The minimum absolute atomic E-state index is 0.301. The van der Waals surface area contributed by atoms with Gasteiger partial charge in [0, 0.05) is 5.56 Å². The zero-order valence-corrected chi connectivity index (χ0v) is 8.97. The number of nitriles is 1. The van der Waals surface area contributed by atoms with Gasteiger partial charge in [-0.3, -0.25) is 0 Å². The van der Waals surface area contributed by atoms with E-state index in [4.69, 9.17) is 10.00 Å². The molecular weight excluding hydrogens is 190 g/mol. The van der Waals surface area contributed by atoms with Crippen LogP contribution < -0.4 is 0 Å². The van der Waals surface area contributed by atoms with Crippen molar-refractivity contribution in [3.8, 4) is 6.07 Å². The molecule has 0 fully saturated rings. The van der Waals surface area contributed by atoms with Crippen molar-refractivity contribution < 1.29 is 9.53 Å². The van der Waals surface area contributed by atoms with Crippen LogP contribution in [-0.4, -0.2) is 5.97 Å². The lowest BCUT2D eigenvalue weighted by Crippen LogP contribution is -2.04. The first kappa shape index (κ1) is 9.72. The van der Waals surface area contributed by atoms with Crippen LogP contribution in [0.15, 0.2) is 0 Å². The van der Waals surface area contributed by atoms with Gasteiger partial charge < -0.3 is 4.74 Å². The maximum absolute atomic E-state index is 11.5. The summed E-state index contributed by atoms with van der Waals surface area (Å²) in [6, 6.07) is 2.09. The van der Waals surface area contributed by atoms with Crippen LogP contribution in [0.5, 0.6) is 0 Å². The van der Waals surface area contributed by atoms with E-state index < -0.39 is 0 Å². The Morgan fingerprint density at radius 2 is 1.87 bits per heavy atom. The minimum Gasteiger partial charge on any atom is -0.457 e. The molecule has 0 saturated heterocycles. The summed E-state index contributed by atoms with van der Waals surface area (Å²) in [5.74, 6) is -0.368. The SMILES string of the molecule is Cc1c(C)c(C#N)c2c(c1C)COC2=O. The van der Waals surface area contributed by atoms with E-state index >= 15 is 0 Å². The first-order chi connectivity index (χ1) is 7.07. The number of cyclic esters (lactones) is 1. The number of carbonyl (C=O) groups excluding carboxylic acids is 1. The molecule has 76 valence electrons. The van der Waals surface area contributed by atoms with Crippen LogP contribution in [0.1, 0.15) is 38.2 Å². The largest absolute Gasteiger partial charge is 0.457 e. The van der Waals surface area contributed by atoms with Crippen LogP contribution in [0, 0.1) is 32.1 Å². The molecule has 1 heterocycles. The molecule has 0 aromatic heterocycles. The van der Waals surface area contributed by atoms with Gasteiger partial charge in [0.05, 0.1) is 11.1 Å². The summed E-state index contributed by atoms with van der Waals surface area (Å²) in [5, 5.41) is 9.06. The molecule has 0 aliphatic carbocycles. The van der Waals surface area contributed by atoms with Crippen molar-refractivity contribution in [3.63, 3.8) is 0 Å². The van der Waals surface area contributed by atoms with Gasteiger partial charge in [0.15, 0.2) is 0 Å². The predicted molar refractivity (Wildman–Crippen MR) is 54.5 cm³/mol. The van der Waals surface area contributed by atoms with Crippen LogP contribution >= 0.6 is 0 Å². The molecule has 1 aliphatic heterocycles. The van der Waals surface area contributed by atoms with Crippen LogP contribution in [0.2, 0.25) is 0 Å². The Hall–Kier alpha value is -1.82. The smallest absolute Gasteiger partial charge is 0.340 e. The highest BCUT2D eigenvalue weighted by atomic mass is 16.5. The highest BCUT2D eigenvalue weighted by Gasteiger charge is 2.29. The van der Waals surface area contributed by atoms with Crippen molar-refractivity contribution in [2.45, 2.75) is 27.4 Å². The van der Waals surface area contributed by atoms with E-state index in [2.05, 4.69) is 6.07 Å². The lowest BCUT2D eigenvalue weighted by Gasteiger charge is -2.10. The first-order valence-electron chi connectivity index (χ1n) is 4.77. The number of ether oxygens (including phenoxy) is 1. The molecule has 1 aliphatic rings. The molecule has 0 radical (unpaired) electrons. The van der Waals surface area contributed by atoms with E-state index in [1.807, 2.05) is 20.8 Å². The molecule has 0 amide bonds. The number of rotatable bonds is 0. The molecule has 2 rings (SSSR count). The number of hydrogen-bond acceptors (Lipinski definition) is 3. The normalized spacial score (nSPS) is 13.3. The first-order valence-corrected chi connectivity index (χ1v) is 4.77. The van der Waals surface area contributed by atoms with E-state index in [1.165, 1.54) is 0 Å². The summed E-state index contributed by atoms with van der Waals surface area (Å²) in [6.45, 7) is 6.10. The third kappa shape index (κ3) is 1.15. The summed E-state index contributed by atoms with van der Waals surface area (Å²) < 4.78 is 4.97. The zero-order chi connectivity index (χ0) is 11.2. The second-order valence-electron chi connectivity index (χ2n) is 3.79. The molecule has 3 nitrogen and oxygen atoms in total. The van der Waals surface area contributed by atoms with E-state index in [-0.39, 0.29) is 5.97 Å². The summed E-state index contributed by atoms with van der Waals surface area (Å²) in [5.41, 5.74) is 4.83. The van der Waals surface area contributed by atoms with Gasteiger partial charge in [-0.1, -0.05) is 0 Å². The van der Waals surface area contributed by atoms with Crippen LogP contribution in [-0.2, 0) is 11.3 Å². The second kappa shape index (κ2) is 3.09. The van der Waals surface area contributed by atoms with Crippen molar-refractivity contribution >= 4 is 5.97 Å². The van der Waals surface area contributed by atoms with Crippen LogP contribution in [0.3, 0.4) is 0 Å². The Balaban J connectivity index is 2.90. The maximum atomic E-state index is 11.5. The van der Waals surface area contributed by atoms with Gasteiger partial charge in [-0.25, -0.2) is 4.79 Å². The number of fused-ring (bicyclic) bond motifs is 1. The highest BCUT2D eigenvalue weighted by Crippen LogP contribution is 2.31. The van der Waals surface area contributed by atoms with E-state index in [0.717, 1.165) is 22.3 Å². The molecule has 0 unspecified atom stereocenters. The molecule has 0 bridgehead atoms. The number of hydrogen-bond donors (Lipinski definition) is 0. The topological polar surface area (TPSA) is 50.1 Å². The molecular formula is C12H11NO2. The van der Waals surface area contributed by atoms with Crippen molar-refractivity contribution in [2.24, 2.45) is 0 Å². The molecule has 0 spiro atoms. The Morgan fingerprint density at radius 1 is 1.20 bits per heavy atom. The molecule has 15 heavy (non-hydrogen) atoms. The van der Waals surface area contributed by atoms with Crippen molar-refractivity contribution in [1.29, 1.82) is 5.26 Å². The number of nitrogens with zero attached hydrogens (tertiary/aromatic N) is 1. The Labute approximate surface area is 88.3 Å². The molecule has 1 aromatic carbocycles. The van der Waals surface area contributed by atoms with Crippen LogP contribution in [0.4, 0.5) is 0 Å². The van der Waals surface area contributed by atoms with Gasteiger partial charge in [-0.2, -0.15) is 5.26 Å². The number of benzene rings is 1. The molecule has 0 N–H and O–H groups in total. The highest BCUT2D eigenvalue weighted by molar-refractivity contribution is 5.97. The van der Waals surface area contributed by atoms with E-state index in [9.17, 15) is 4.79 Å². The Bertz CT molecular complexity index is 510. The third-order valence-corrected chi connectivity index (χ3v) is 3.17. The zero-order valence-electron chi connectivity index (χ0n) is 8.97. The quantitative estimate of drug-likeness (QED) is 0.604. The monoisotopic (exact) mass is 201 g/mol. The summed E-state index contributed by atoms with van der Waals surface area (Å²) in [7, 11) is 0. The predicted octanol–water partition coefficient (Wildman–Crippen LogP) is 2.15. The number of esters is 1. The fourth-order valence-corrected chi connectivity index (χ4v) is 1.98. The Kier molecular flexibility index (Phi) is 2.01. The number of carbonyl (C=O) groups is 1. The average Bonchev–Trinajstić information content (AvgIpc) is 2.59. The van der Waals surface area contributed by atoms with Crippen molar-refractivity contribution in [1.82, 2.24) is 0 Å². The summed E-state index contributed by atoms with van der Waals surface area (Å²) >= 11 is 0. The van der Waals surface area contributed by atoms with Crippen molar-refractivity contribution in [2.75, 3.05) is 0 Å². The van der Waals surface area contributed by atoms with Gasteiger partial charge in [-0.05, 0) is 37.5 Å². The van der Waals surface area contributed by atoms with Gasteiger partial charge in [0.2, 0.25) is 0 Å². The Morgan fingerprint density at radius 3 is 2.47 bits per heavy atom. The van der Waals surface area contributed by atoms with Gasteiger partial charge in [0.25, 0.3) is 0 Å². The third-order valence-electron chi connectivity index (χ3n) is 3.17. The lowest BCUT2D eigenvalue weighted by atomic mass is 9.90. The summed E-state index contributed by atoms with van der Waals surface area (Å²) in [4.78, 5) is 11.5. The average molecular weight is 201 g/mol. The van der Waals surface area contributed by atoms with E-state index in [0.29, 0.717) is 17.7 Å².